The van der Waals surface area contributed by atoms with E-state index in [-0.39, 0.29) is 5.91 Å². The van der Waals surface area contributed by atoms with Gasteiger partial charge in [-0.05, 0) is 30.7 Å². The summed E-state index contributed by atoms with van der Waals surface area (Å²) in [5.41, 5.74) is 1.03. The van der Waals surface area contributed by atoms with Crippen LogP contribution in [0, 0.1) is 0 Å². The first-order valence-electron chi connectivity index (χ1n) is 5.94. The van der Waals surface area contributed by atoms with Gasteiger partial charge in [-0.2, -0.15) is 0 Å². The quantitative estimate of drug-likeness (QED) is 0.757. The van der Waals surface area contributed by atoms with Crippen LogP contribution in [0.2, 0.25) is 0 Å². The Hall–Kier alpha value is -0.870. The first-order valence-corrected chi connectivity index (χ1v) is 6.73. The molecule has 3 nitrogen and oxygen atoms in total. The molecule has 0 radical (unpaired) electrons. The highest BCUT2D eigenvalue weighted by molar-refractivity contribution is 9.10. The number of rotatable bonds is 7. The van der Waals surface area contributed by atoms with Crippen molar-refractivity contribution < 1.29 is 4.79 Å². The van der Waals surface area contributed by atoms with E-state index in [1.165, 1.54) is 0 Å². The predicted octanol–water partition coefficient (Wildman–Crippen LogP) is 2.11. The van der Waals surface area contributed by atoms with Crippen molar-refractivity contribution in [2.45, 2.75) is 19.8 Å². The monoisotopic (exact) mass is 298 g/mol. The van der Waals surface area contributed by atoms with Crippen LogP contribution in [0.25, 0.3) is 0 Å². The van der Waals surface area contributed by atoms with E-state index >= 15 is 0 Å². The average Bonchev–Trinajstić information content (AvgIpc) is 2.29. The fourth-order valence-electron chi connectivity index (χ4n) is 1.49. The third-order valence-electron chi connectivity index (χ3n) is 2.30. The second kappa shape index (κ2) is 8.25. The van der Waals surface area contributed by atoms with Crippen LogP contribution in [-0.2, 0) is 11.2 Å². The average molecular weight is 299 g/mol. The standard InChI is InChI=1S/C13H19BrN2O/c1-2-6-15-7-8-16-13(17)10-11-4-3-5-12(14)9-11/h3-5,9,15H,2,6-8,10H2,1H3,(H,16,17). The number of amides is 1. The van der Waals surface area contributed by atoms with E-state index in [0.717, 1.165) is 29.5 Å². The van der Waals surface area contributed by atoms with Crippen LogP contribution < -0.4 is 10.6 Å². The molecule has 0 aromatic heterocycles. The molecule has 17 heavy (non-hydrogen) atoms. The molecule has 4 heteroatoms. The Balaban J connectivity index is 2.21. The van der Waals surface area contributed by atoms with Crippen LogP contribution in [0.1, 0.15) is 18.9 Å². The fraction of sp³-hybridized carbons (Fsp3) is 0.462. The first-order chi connectivity index (χ1) is 8.22. The number of halogens is 1. The number of carbonyl (C=O) groups is 1. The molecule has 1 rings (SSSR count). The van der Waals surface area contributed by atoms with Gasteiger partial charge in [-0.15, -0.1) is 0 Å². The van der Waals surface area contributed by atoms with E-state index in [1.54, 1.807) is 0 Å². The molecule has 1 aromatic carbocycles. The minimum atomic E-state index is 0.0707. The van der Waals surface area contributed by atoms with Crippen molar-refractivity contribution >= 4 is 21.8 Å². The third kappa shape index (κ3) is 6.44. The number of nitrogens with one attached hydrogen (secondary N) is 2. The molecule has 2 N–H and O–H groups in total. The lowest BCUT2D eigenvalue weighted by Crippen LogP contribution is -2.32. The maximum atomic E-state index is 11.6. The third-order valence-corrected chi connectivity index (χ3v) is 2.80. The largest absolute Gasteiger partial charge is 0.355 e. The summed E-state index contributed by atoms with van der Waals surface area (Å²) in [6.07, 6.45) is 1.55. The number of hydrogen-bond donors (Lipinski definition) is 2. The predicted molar refractivity (Wildman–Crippen MR) is 74.0 cm³/mol. The molecule has 0 saturated carbocycles. The summed E-state index contributed by atoms with van der Waals surface area (Å²) in [6.45, 7) is 4.64. The Morgan fingerprint density at radius 1 is 1.29 bits per heavy atom. The van der Waals surface area contributed by atoms with Crippen LogP contribution >= 0.6 is 15.9 Å². The Bertz CT molecular complexity index is 355. The van der Waals surface area contributed by atoms with E-state index in [1.807, 2.05) is 24.3 Å². The van der Waals surface area contributed by atoms with Crippen LogP contribution in [-0.4, -0.2) is 25.5 Å². The van der Waals surface area contributed by atoms with Gasteiger partial charge in [0.05, 0.1) is 6.42 Å². The molecule has 1 aromatic rings. The van der Waals surface area contributed by atoms with Gasteiger partial charge in [-0.3, -0.25) is 4.79 Å². The van der Waals surface area contributed by atoms with Gasteiger partial charge in [0.15, 0.2) is 0 Å². The van der Waals surface area contributed by atoms with E-state index in [2.05, 4.69) is 33.5 Å². The highest BCUT2D eigenvalue weighted by Crippen LogP contribution is 2.11. The van der Waals surface area contributed by atoms with Crippen molar-refractivity contribution in [3.05, 3.63) is 34.3 Å². The first kappa shape index (κ1) is 14.2. The van der Waals surface area contributed by atoms with Gasteiger partial charge < -0.3 is 10.6 Å². The summed E-state index contributed by atoms with van der Waals surface area (Å²) in [5.74, 6) is 0.0707. The summed E-state index contributed by atoms with van der Waals surface area (Å²) in [5, 5.41) is 6.13. The lowest BCUT2D eigenvalue weighted by atomic mass is 10.1. The minimum absolute atomic E-state index is 0.0707. The summed E-state index contributed by atoms with van der Waals surface area (Å²) < 4.78 is 1.01. The zero-order chi connectivity index (χ0) is 12.5. The lowest BCUT2D eigenvalue weighted by Gasteiger charge is -2.06. The molecule has 0 saturated heterocycles. The maximum Gasteiger partial charge on any atom is 0.224 e. The van der Waals surface area contributed by atoms with Gasteiger partial charge in [0.25, 0.3) is 0 Å². The minimum Gasteiger partial charge on any atom is -0.355 e. The highest BCUT2D eigenvalue weighted by atomic mass is 79.9. The van der Waals surface area contributed by atoms with Crippen LogP contribution in [0.4, 0.5) is 0 Å². The molecule has 0 heterocycles. The number of carbonyl (C=O) groups excluding carboxylic acids is 1. The summed E-state index contributed by atoms with van der Waals surface area (Å²) in [7, 11) is 0. The van der Waals surface area contributed by atoms with Gasteiger partial charge in [-0.1, -0.05) is 35.0 Å². The molecule has 0 spiro atoms. The van der Waals surface area contributed by atoms with E-state index in [0.29, 0.717) is 13.0 Å². The molecular formula is C13H19BrN2O. The van der Waals surface area contributed by atoms with Gasteiger partial charge >= 0.3 is 0 Å². The van der Waals surface area contributed by atoms with Crippen molar-refractivity contribution in [2.24, 2.45) is 0 Å². The smallest absolute Gasteiger partial charge is 0.224 e. The van der Waals surface area contributed by atoms with Crippen LogP contribution in [0.15, 0.2) is 28.7 Å². The van der Waals surface area contributed by atoms with Crippen molar-refractivity contribution in [1.29, 1.82) is 0 Å². The van der Waals surface area contributed by atoms with Crippen LogP contribution in [0.5, 0.6) is 0 Å². The zero-order valence-electron chi connectivity index (χ0n) is 10.1. The number of hydrogen-bond acceptors (Lipinski definition) is 2. The maximum absolute atomic E-state index is 11.6. The Morgan fingerprint density at radius 3 is 2.82 bits per heavy atom. The molecule has 0 fully saturated rings. The van der Waals surface area contributed by atoms with Gasteiger partial charge in [0.2, 0.25) is 5.91 Å². The van der Waals surface area contributed by atoms with Crippen LogP contribution in [0.3, 0.4) is 0 Å². The Morgan fingerprint density at radius 2 is 2.12 bits per heavy atom. The summed E-state index contributed by atoms with van der Waals surface area (Å²) in [4.78, 5) is 11.6. The normalized spacial score (nSPS) is 10.2. The summed E-state index contributed by atoms with van der Waals surface area (Å²) in [6, 6.07) is 7.82. The highest BCUT2D eigenvalue weighted by Gasteiger charge is 2.02. The zero-order valence-corrected chi connectivity index (χ0v) is 11.7. The van der Waals surface area contributed by atoms with E-state index < -0.39 is 0 Å². The van der Waals surface area contributed by atoms with Gasteiger partial charge in [-0.25, -0.2) is 0 Å². The topological polar surface area (TPSA) is 41.1 Å². The van der Waals surface area contributed by atoms with Crippen molar-refractivity contribution in [2.75, 3.05) is 19.6 Å². The molecule has 0 aliphatic carbocycles. The van der Waals surface area contributed by atoms with E-state index in [4.69, 9.17) is 0 Å². The van der Waals surface area contributed by atoms with E-state index in [9.17, 15) is 4.79 Å². The molecule has 0 aliphatic rings. The molecule has 94 valence electrons. The molecule has 0 unspecified atom stereocenters. The fourth-order valence-corrected chi connectivity index (χ4v) is 1.93. The molecule has 0 aliphatic heterocycles. The molecule has 1 amide bonds. The number of benzene rings is 1. The summed E-state index contributed by atoms with van der Waals surface area (Å²) >= 11 is 3.39. The van der Waals surface area contributed by atoms with Gasteiger partial charge in [0.1, 0.15) is 0 Å². The van der Waals surface area contributed by atoms with Gasteiger partial charge in [0, 0.05) is 17.6 Å². The Kier molecular flexibility index (Phi) is 6.89. The molecular weight excluding hydrogens is 280 g/mol. The SMILES string of the molecule is CCCNCCNC(=O)Cc1cccc(Br)c1. The lowest BCUT2D eigenvalue weighted by molar-refractivity contribution is -0.120. The van der Waals surface area contributed by atoms with Crippen molar-refractivity contribution in [1.82, 2.24) is 10.6 Å². The molecule has 0 atom stereocenters. The van der Waals surface area contributed by atoms with Crippen molar-refractivity contribution in [3.8, 4) is 0 Å². The second-order valence-electron chi connectivity index (χ2n) is 3.91. The second-order valence-corrected chi connectivity index (χ2v) is 4.82. The molecule has 0 bridgehead atoms. The Labute approximate surface area is 111 Å². The van der Waals surface area contributed by atoms with Crippen molar-refractivity contribution in [3.63, 3.8) is 0 Å².